The fraction of sp³-hybridized carbons (Fsp3) is 0.400. The molecule has 0 spiro atoms. The van der Waals surface area contributed by atoms with Gasteiger partial charge in [0.1, 0.15) is 0 Å². The molecule has 4 heteroatoms. The van der Waals surface area contributed by atoms with Gasteiger partial charge in [0.2, 0.25) is 0 Å². The summed E-state index contributed by atoms with van der Waals surface area (Å²) in [4.78, 5) is 11.8. The molecule has 2 amide bonds. The number of nitrogens with two attached hydrogens (primary N) is 1. The highest BCUT2D eigenvalue weighted by atomic mass is 16.2. The van der Waals surface area contributed by atoms with E-state index in [4.69, 9.17) is 5.73 Å². The predicted molar refractivity (Wildman–Crippen MR) is 81.0 cm³/mol. The molecule has 0 heterocycles. The standard InChI is InChI=1S/C15H23N3O/c1-10-6-7-13(12(16)8-10)18-14(19)17-9-11(2)15(3,4)5/h6-9H,16H2,1-5H3,(H2,17,18,19)/b11-9+. The van der Waals surface area contributed by atoms with Crippen LogP contribution in [0.1, 0.15) is 33.3 Å². The second-order valence-electron chi connectivity index (χ2n) is 5.77. The third-order valence-electron chi connectivity index (χ3n) is 3.06. The predicted octanol–water partition coefficient (Wildman–Crippen LogP) is 3.65. The van der Waals surface area contributed by atoms with Gasteiger partial charge in [-0.2, -0.15) is 0 Å². The Bertz CT molecular complexity index is 499. The number of amides is 2. The number of rotatable bonds is 2. The van der Waals surface area contributed by atoms with Crippen LogP contribution in [0.15, 0.2) is 30.0 Å². The molecule has 1 rings (SSSR count). The van der Waals surface area contributed by atoms with Crippen LogP contribution >= 0.6 is 0 Å². The van der Waals surface area contributed by atoms with Crippen LogP contribution in [-0.2, 0) is 0 Å². The number of nitrogen functional groups attached to an aromatic ring is 1. The van der Waals surface area contributed by atoms with Gasteiger partial charge < -0.3 is 16.4 Å². The van der Waals surface area contributed by atoms with Crippen molar-refractivity contribution in [1.29, 1.82) is 0 Å². The van der Waals surface area contributed by atoms with E-state index in [1.807, 2.05) is 26.0 Å². The van der Waals surface area contributed by atoms with Gasteiger partial charge in [0, 0.05) is 6.20 Å². The van der Waals surface area contributed by atoms with Gasteiger partial charge in [0.25, 0.3) is 0 Å². The Hall–Kier alpha value is -1.97. The zero-order valence-corrected chi connectivity index (χ0v) is 12.3. The van der Waals surface area contributed by atoms with Gasteiger partial charge in [-0.3, -0.25) is 0 Å². The Kier molecular flexibility index (Phi) is 4.59. The molecule has 19 heavy (non-hydrogen) atoms. The summed E-state index contributed by atoms with van der Waals surface area (Å²) in [7, 11) is 0. The van der Waals surface area contributed by atoms with Crippen LogP contribution in [-0.4, -0.2) is 6.03 Å². The van der Waals surface area contributed by atoms with Gasteiger partial charge in [0.15, 0.2) is 0 Å². The van der Waals surface area contributed by atoms with E-state index in [9.17, 15) is 4.79 Å². The lowest BCUT2D eigenvalue weighted by molar-refractivity contribution is 0.255. The highest BCUT2D eigenvalue weighted by Gasteiger charge is 2.12. The number of allylic oxidation sites excluding steroid dienone is 1. The zero-order valence-electron chi connectivity index (χ0n) is 12.3. The molecule has 0 aliphatic rings. The molecule has 0 saturated heterocycles. The maximum atomic E-state index is 11.8. The molecule has 0 fully saturated rings. The number of nitrogens with one attached hydrogen (secondary N) is 2. The number of benzene rings is 1. The van der Waals surface area contributed by atoms with Crippen LogP contribution in [0.3, 0.4) is 0 Å². The average molecular weight is 261 g/mol. The van der Waals surface area contributed by atoms with E-state index in [-0.39, 0.29) is 11.4 Å². The minimum absolute atomic E-state index is 0.0379. The van der Waals surface area contributed by atoms with Gasteiger partial charge in [-0.25, -0.2) is 4.79 Å². The summed E-state index contributed by atoms with van der Waals surface area (Å²) in [6.07, 6.45) is 1.72. The molecule has 0 aliphatic carbocycles. The molecule has 4 N–H and O–H groups in total. The number of urea groups is 1. The zero-order chi connectivity index (χ0) is 14.6. The summed E-state index contributed by atoms with van der Waals surface area (Å²) in [5.41, 5.74) is 9.21. The van der Waals surface area contributed by atoms with Gasteiger partial charge >= 0.3 is 6.03 Å². The second-order valence-corrected chi connectivity index (χ2v) is 5.77. The Morgan fingerprint density at radius 3 is 2.47 bits per heavy atom. The summed E-state index contributed by atoms with van der Waals surface area (Å²) in [5, 5.41) is 5.44. The molecule has 0 atom stereocenters. The van der Waals surface area contributed by atoms with Crippen molar-refractivity contribution >= 4 is 17.4 Å². The van der Waals surface area contributed by atoms with Crippen molar-refractivity contribution in [3.8, 4) is 0 Å². The Morgan fingerprint density at radius 2 is 1.95 bits per heavy atom. The van der Waals surface area contributed by atoms with Crippen LogP contribution in [0.2, 0.25) is 0 Å². The number of hydrogen-bond donors (Lipinski definition) is 3. The first-order valence-corrected chi connectivity index (χ1v) is 6.31. The fourth-order valence-electron chi connectivity index (χ4n) is 1.34. The molecule has 1 aromatic rings. The van der Waals surface area contributed by atoms with Crippen molar-refractivity contribution in [2.24, 2.45) is 5.41 Å². The number of carbonyl (C=O) groups excluding carboxylic acids is 1. The normalized spacial score (nSPS) is 12.2. The van der Waals surface area contributed by atoms with E-state index in [0.717, 1.165) is 11.1 Å². The van der Waals surface area contributed by atoms with Crippen molar-refractivity contribution in [3.05, 3.63) is 35.5 Å². The maximum absolute atomic E-state index is 11.8. The summed E-state index contributed by atoms with van der Waals surface area (Å²) < 4.78 is 0. The van der Waals surface area contributed by atoms with E-state index in [2.05, 4.69) is 31.4 Å². The minimum Gasteiger partial charge on any atom is -0.397 e. The van der Waals surface area contributed by atoms with Crippen molar-refractivity contribution in [3.63, 3.8) is 0 Å². The largest absolute Gasteiger partial charge is 0.397 e. The second kappa shape index (κ2) is 5.78. The molecule has 0 aliphatic heterocycles. The molecule has 0 bridgehead atoms. The van der Waals surface area contributed by atoms with Crippen molar-refractivity contribution in [2.45, 2.75) is 34.6 Å². The average Bonchev–Trinajstić information content (AvgIpc) is 2.28. The Morgan fingerprint density at radius 1 is 1.32 bits per heavy atom. The first-order valence-electron chi connectivity index (χ1n) is 6.31. The van der Waals surface area contributed by atoms with Crippen LogP contribution in [0.5, 0.6) is 0 Å². The van der Waals surface area contributed by atoms with E-state index in [1.165, 1.54) is 0 Å². The van der Waals surface area contributed by atoms with Gasteiger partial charge in [-0.15, -0.1) is 0 Å². The molecule has 0 unspecified atom stereocenters. The van der Waals surface area contributed by atoms with Crippen molar-refractivity contribution in [1.82, 2.24) is 5.32 Å². The van der Waals surface area contributed by atoms with E-state index >= 15 is 0 Å². The smallest absolute Gasteiger partial charge is 0.323 e. The highest BCUT2D eigenvalue weighted by molar-refractivity contribution is 5.93. The monoisotopic (exact) mass is 261 g/mol. The van der Waals surface area contributed by atoms with Crippen LogP contribution in [0, 0.1) is 12.3 Å². The summed E-state index contributed by atoms with van der Waals surface area (Å²) in [6.45, 7) is 10.2. The first kappa shape index (κ1) is 15.1. The lowest BCUT2D eigenvalue weighted by Gasteiger charge is -2.19. The van der Waals surface area contributed by atoms with E-state index in [1.54, 1.807) is 12.3 Å². The molecule has 1 aromatic carbocycles. The van der Waals surface area contributed by atoms with Crippen LogP contribution in [0.25, 0.3) is 0 Å². The Balaban J connectivity index is 2.66. The topological polar surface area (TPSA) is 67.2 Å². The Labute approximate surface area is 115 Å². The third kappa shape index (κ3) is 4.66. The molecular weight excluding hydrogens is 238 g/mol. The summed E-state index contributed by atoms with van der Waals surface area (Å²) >= 11 is 0. The lowest BCUT2D eigenvalue weighted by atomic mass is 9.88. The molecule has 0 radical (unpaired) electrons. The van der Waals surface area contributed by atoms with Crippen LogP contribution < -0.4 is 16.4 Å². The number of aryl methyl sites for hydroxylation is 1. The molecule has 104 valence electrons. The van der Waals surface area contributed by atoms with Gasteiger partial charge in [0.05, 0.1) is 11.4 Å². The SMILES string of the molecule is C/C(=C\NC(=O)Nc1ccc(C)cc1N)C(C)(C)C. The highest BCUT2D eigenvalue weighted by Crippen LogP contribution is 2.23. The van der Waals surface area contributed by atoms with Crippen molar-refractivity contribution < 1.29 is 4.79 Å². The van der Waals surface area contributed by atoms with Gasteiger partial charge in [-0.05, 0) is 37.0 Å². The molecule has 0 saturated carbocycles. The quantitative estimate of drug-likeness (QED) is 0.711. The summed E-state index contributed by atoms with van der Waals surface area (Å²) in [5.74, 6) is 0. The molecule has 4 nitrogen and oxygen atoms in total. The number of anilines is 2. The van der Waals surface area contributed by atoms with Crippen molar-refractivity contribution in [2.75, 3.05) is 11.1 Å². The first-order chi connectivity index (χ1) is 8.70. The number of carbonyl (C=O) groups is 1. The molecular formula is C15H23N3O. The van der Waals surface area contributed by atoms with E-state index < -0.39 is 0 Å². The number of hydrogen-bond acceptors (Lipinski definition) is 2. The van der Waals surface area contributed by atoms with E-state index in [0.29, 0.717) is 11.4 Å². The third-order valence-corrected chi connectivity index (χ3v) is 3.06. The maximum Gasteiger partial charge on any atom is 0.323 e. The minimum atomic E-state index is -0.292. The van der Waals surface area contributed by atoms with Gasteiger partial charge in [-0.1, -0.05) is 32.4 Å². The lowest BCUT2D eigenvalue weighted by Crippen LogP contribution is -2.25. The molecule has 0 aromatic heterocycles. The van der Waals surface area contributed by atoms with Crippen LogP contribution in [0.4, 0.5) is 16.2 Å². The summed E-state index contributed by atoms with van der Waals surface area (Å²) in [6, 6.07) is 5.23. The fourth-order valence-corrected chi connectivity index (χ4v) is 1.34.